The molecule has 0 bridgehead atoms. The highest BCUT2D eigenvalue weighted by atomic mass is 16.5. The van der Waals surface area contributed by atoms with Gasteiger partial charge in [-0.3, -0.25) is 20.2 Å². The Morgan fingerprint density at radius 1 is 1.04 bits per heavy atom. The number of imide groups is 1. The number of urea groups is 1. The number of carbonyl (C=O) groups is 3. The minimum atomic E-state index is -0.682. The van der Waals surface area contributed by atoms with Gasteiger partial charge < -0.3 is 10.1 Å². The summed E-state index contributed by atoms with van der Waals surface area (Å²) in [6.45, 7) is 8.30. The summed E-state index contributed by atoms with van der Waals surface area (Å²) in [4.78, 5) is 43.0. The first-order chi connectivity index (χ1) is 13.0. The number of carbonyl (C=O) groups excluding carboxylic acids is 3. The number of rotatable bonds is 4. The van der Waals surface area contributed by atoms with Crippen molar-refractivity contribution in [1.82, 2.24) is 15.3 Å². The van der Waals surface area contributed by atoms with E-state index in [1.165, 1.54) is 19.3 Å². The van der Waals surface area contributed by atoms with Gasteiger partial charge in [-0.05, 0) is 24.6 Å². The first-order valence-electron chi connectivity index (χ1n) is 8.55. The van der Waals surface area contributed by atoms with Crippen molar-refractivity contribution in [3.63, 3.8) is 0 Å². The van der Waals surface area contributed by atoms with E-state index in [0.717, 1.165) is 0 Å². The van der Waals surface area contributed by atoms with E-state index in [-0.39, 0.29) is 11.7 Å². The van der Waals surface area contributed by atoms with Crippen LogP contribution in [-0.4, -0.2) is 27.8 Å². The fourth-order valence-electron chi connectivity index (χ4n) is 2.01. The lowest BCUT2D eigenvalue weighted by atomic mass is 9.96. The van der Waals surface area contributed by atoms with Gasteiger partial charge >= 0.3 is 6.03 Å². The minimum absolute atomic E-state index is 0.235. The molecule has 0 saturated heterocycles. The smallest absolute Gasteiger partial charge is 0.327 e. The van der Waals surface area contributed by atoms with Crippen LogP contribution in [0.1, 0.15) is 33.3 Å². The number of anilines is 2. The lowest BCUT2D eigenvalue weighted by Crippen LogP contribution is -2.41. The highest BCUT2D eigenvalue weighted by molar-refractivity contribution is 6.02. The molecule has 0 atom stereocenters. The van der Waals surface area contributed by atoms with E-state index in [1.54, 1.807) is 45.9 Å². The second kappa shape index (κ2) is 8.47. The molecule has 0 aliphatic rings. The number of hydrogen-bond donors (Lipinski definition) is 3. The zero-order valence-corrected chi connectivity index (χ0v) is 16.4. The Kier molecular flexibility index (Phi) is 6.29. The van der Waals surface area contributed by atoms with Gasteiger partial charge in [0.2, 0.25) is 11.8 Å². The molecule has 2 aromatic heterocycles. The van der Waals surface area contributed by atoms with E-state index in [2.05, 4.69) is 25.9 Å². The van der Waals surface area contributed by atoms with Crippen molar-refractivity contribution < 1.29 is 19.1 Å². The van der Waals surface area contributed by atoms with Gasteiger partial charge in [-0.1, -0.05) is 20.8 Å². The first-order valence-corrected chi connectivity index (χ1v) is 8.55. The maximum atomic E-state index is 11.9. The number of nitrogens with one attached hydrogen (secondary N) is 3. The summed E-state index contributed by atoms with van der Waals surface area (Å²) >= 11 is 0. The van der Waals surface area contributed by atoms with Crippen LogP contribution in [0, 0.1) is 12.3 Å². The van der Waals surface area contributed by atoms with Gasteiger partial charge in [0.1, 0.15) is 23.1 Å². The molecule has 0 aromatic carbocycles. The molecular formula is C19H23N5O4. The summed E-state index contributed by atoms with van der Waals surface area (Å²) in [6, 6.07) is 4.18. The average molecular weight is 385 g/mol. The van der Waals surface area contributed by atoms with Crippen LogP contribution in [0.4, 0.5) is 16.4 Å². The Balaban J connectivity index is 2.05. The Bertz CT molecular complexity index is 905. The Labute approximate surface area is 162 Å². The molecule has 4 amide bonds. The third-order valence-electron chi connectivity index (χ3n) is 3.48. The van der Waals surface area contributed by atoms with Crippen LogP contribution >= 0.6 is 0 Å². The summed E-state index contributed by atoms with van der Waals surface area (Å²) in [6.07, 6.45) is 2.96. The molecule has 148 valence electrons. The zero-order chi connectivity index (χ0) is 20.9. The third-order valence-corrected chi connectivity index (χ3v) is 3.48. The zero-order valence-electron chi connectivity index (χ0n) is 16.4. The van der Waals surface area contributed by atoms with Crippen molar-refractivity contribution in [3.05, 3.63) is 36.2 Å². The summed E-state index contributed by atoms with van der Waals surface area (Å²) < 4.78 is 5.76. The third kappa shape index (κ3) is 6.04. The second-order valence-corrected chi connectivity index (χ2v) is 7.15. The van der Waals surface area contributed by atoms with Crippen molar-refractivity contribution in [2.75, 3.05) is 10.6 Å². The molecule has 3 N–H and O–H groups in total. The van der Waals surface area contributed by atoms with Crippen molar-refractivity contribution >= 4 is 29.5 Å². The Morgan fingerprint density at radius 3 is 2.32 bits per heavy atom. The molecule has 0 aliphatic heterocycles. The predicted octanol–water partition coefficient (Wildman–Crippen LogP) is 3.23. The van der Waals surface area contributed by atoms with E-state index >= 15 is 0 Å². The van der Waals surface area contributed by atoms with Crippen molar-refractivity contribution in [2.45, 2.75) is 34.6 Å². The number of aryl methyl sites for hydroxylation is 1. The summed E-state index contributed by atoms with van der Waals surface area (Å²) in [7, 11) is 0. The van der Waals surface area contributed by atoms with Crippen LogP contribution in [0.2, 0.25) is 0 Å². The Hall–Kier alpha value is -3.49. The fourth-order valence-corrected chi connectivity index (χ4v) is 2.01. The van der Waals surface area contributed by atoms with Crippen LogP contribution in [0.3, 0.4) is 0 Å². The monoisotopic (exact) mass is 385 g/mol. The summed E-state index contributed by atoms with van der Waals surface area (Å²) in [5.74, 6) is 0.955. The molecular weight excluding hydrogens is 362 g/mol. The first kappa shape index (κ1) is 20.8. The summed E-state index contributed by atoms with van der Waals surface area (Å²) in [5.41, 5.74) is 0.0318. The van der Waals surface area contributed by atoms with E-state index in [9.17, 15) is 14.4 Å². The lowest BCUT2D eigenvalue weighted by molar-refractivity contribution is -0.127. The van der Waals surface area contributed by atoms with Crippen LogP contribution in [-0.2, 0) is 9.59 Å². The van der Waals surface area contributed by atoms with Crippen LogP contribution in [0.25, 0.3) is 0 Å². The quantitative estimate of drug-likeness (QED) is 0.743. The van der Waals surface area contributed by atoms with Crippen LogP contribution in [0.15, 0.2) is 30.6 Å². The maximum Gasteiger partial charge on any atom is 0.327 e. The molecule has 0 aliphatic carbocycles. The number of amides is 4. The average Bonchev–Trinajstić information content (AvgIpc) is 2.56. The molecule has 0 radical (unpaired) electrons. The van der Waals surface area contributed by atoms with Crippen molar-refractivity contribution in [2.24, 2.45) is 5.41 Å². The van der Waals surface area contributed by atoms with Gasteiger partial charge in [0.15, 0.2) is 0 Å². The number of nitrogens with zero attached hydrogens (tertiary/aromatic N) is 2. The highest BCUT2D eigenvalue weighted by Gasteiger charge is 2.23. The molecule has 0 fully saturated rings. The molecule has 2 aromatic rings. The van der Waals surface area contributed by atoms with E-state index in [0.29, 0.717) is 22.9 Å². The standard InChI is InChI=1S/C19H23N5O4/c1-11-8-15(23-18(27)24-17(26)19(3,4)5)21-10-14(11)28-13-6-7-20-16(9-13)22-12(2)25/h6-10H,1-5H3,(H,20,22,25)(H2,21,23,24,26,27). The predicted molar refractivity (Wildman–Crippen MR) is 104 cm³/mol. The fraction of sp³-hybridized carbons (Fsp3) is 0.316. The molecule has 9 nitrogen and oxygen atoms in total. The molecule has 0 spiro atoms. The second-order valence-electron chi connectivity index (χ2n) is 7.15. The molecule has 2 rings (SSSR count). The van der Waals surface area contributed by atoms with Crippen molar-refractivity contribution in [3.8, 4) is 11.5 Å². The van der Waals surface area contributed by atoms with Crippen molar-refractivity contribution in [1.29, 1.82) is 0 Å². The number of hydrogen-bond acceptors (Lipinski definition) is 6. The highest BCUT2D eigenvalue weighted by Crippen LogP contribution is 2.26. The van der Waals surface area contributed by atoms with Crippen LogP contribution in [0.5, 0.6) is 11.5 Å². The number of ether oxygens (including phenoxy) is 1. The van der Waals surface area contributed by atoms with Gasteiger partial charge in [0.05, 0.1) is 6.20 Å². The molecule has 2 heterocycles. The van der Waals surface area contributed by atoms with E-state index in [1.807, 2.05) is 0 Å². The van der Waals surface area contributed by atoms with Gasteiger partial charge in [-0.25, -0.2) is 14.8 Å². The topological polar surface area (TPSA) is 122 Å². The van der Waals surface area contributed by atoms with Gasteiger partial charge in [0, 0.05) is 24.6 Å². The van der Waals surface area contributed by atoms with E-state index < -0.39 is 17.4 Å². The van der Waals surface area contributed by atoms with Gasteiger partial charge in [-0.2, -0.15) is 0 Å². The van der Waals surface area contributed by atoms with Gasteiger partial charge in [-0.15, -0.1) is 0 Å². The van der Waals surface area contributed by atoms with E-state index in [4.69, 9.17) is 4.74 Å². The van der Waals surface area contributed by atoms with Gasteiger partial charge in [0.25, 0.3) is 0 Å². The molecule has 28 heavy (non-hydrogen) atoms. The number of aromatic nitrogens is 2. The van der Waals surface area contributed by atoms with Crippen LogP contribution < -0.4 is 20.7 Å². The largest absolute Gasteiger partial charge is 0.455 e. The SMILES string of the molecule is CC(=O)Nc1cc(Oc2cnc(NC(=O)NC(=O)C(C)(C)C)cc2C)ccn1. The maximum absolute atomic E-state index is 11.9. The minimum Gasteiger partial charge on any atom is -0.455 e. The Morgan fingerprint density at radius 2 is 1.71 bits per heavy atom. The normalized spacial score (nSPS) is 10.8. The molecule has 0 saturated carbocycles. The molecule has 0 unspecified atom stereocenters. The molecule has 9 heteroatoms. The number of pyridine rings is 2. The summed E-state index contributed by atoms with van der Waals surface area (Å²) in [5, 5.41) is 7.35. The lowest BCUT2D eigenvalue weighted by Gasteiger charge is -2.17.